The Morgan fingerprint density at radius 3 is 2.12 bits per heavy atom. The van der Waals surface area contributed by atoms with Gasteiger partial charge in [0.2, 0.25) is 0 Å². The molecule has 3 heterocycles. The number of ether oxygens (including phenoxy) is 1. The normalized spacial score (nSPS) is 11.8. The smallest absolute Gasteiger partial charge is 0.137 e. The van der Waals surface area contributed by atoms with E-state index in [-0.39, 0.29) is 5.41 Å². The summed E-state index contributed by atoms with van der Waals surface area (Å²) in [6, 6.07) is 46.6. The standard InChI is InChI=1S/C45H40N4O/c1-30-44(34-15-10-7-11-16-34)31(2)49(47-30)36-17-12-18-37(27-36)50-38-20-21-39-40-26-35(33-13-8-6-9-14-33)19-22-41(40)48(42(39)28-38)43-25-32(23-24-46-43)29-45(3,4)5/h6-28H,29H2,1-5H3. The first kappa shape index (κ1) is 31.3. The maximum Gasteiger partial charge on any atom is 0.137 e. The number of hydrogen-bond donors (Lipinski definition) is 0. The fourth-order valence-electron chi connectivity index (χ4n) is 7.16. The number of aryl methyl sites for hydroxylation is 1. The third-order valence-electron chi connectivity index (χ3n) is 9.27. The number of nitrogens with zero attached hydrogens (tertiary/aromatic N) is 4. The molecule has 5 nitrogen and oxygen atoms in total. The second-order valence-electron chi connectivity index (χ2n) is 14.3. The molecule has 0 N–H and O–H groups in total. The second kappa shape index (κ2) is 12.5. The van der Waals surface area contributed by atoms with E-state index < -0.39 is 0 Å². The molecule has 0 fully saturated rings. The Labute approximate surface area is 293 Å². The van der Waals surface area contributed by atoms with E-state index in [1.54, 1.807) is 0 Å². The Kier molecular flexibility index (Phi) is 7.83. The summed E-state index contributed by atoms with van der Waals surface area (Å²) in [4.78, 5) is 4.90. The molecule has 5 heteroatoms. The van der Waals surface area contributed by atoms with Crippen molar-refractivity contribution in [1.29, 1.82) is 0 Å². The topological polar surface area (TPSA) is 44.9 Å². The van der Waals surface area contributed by atoms with Crippen LogP contribution in [0.4, 0.5) is 0 Å². The van der Waals surface area contributed by atoms with Gasteiger partial charge in [0, 0.05) is 40.4 Å². The van der Waals surface area contributed by atoms with Crippen molar-refractivity contribution >= 4 is 21.8 Å². The van der Waals surface area contributed by atoms with Gasteiger partial charge >= 0.3 is 0 Å². The van der Waals surface area contributed by atoms with Crippen LogP contribution in [0.3, 0.4) is 0 Å². The molecule has 50 heavy (non-hydrogen) atoms. The number of hydrogen-bond acceptors (Lipinski definition) is 3. The van der Waals surface area contributed by atoms with Gasteiger partial charge in [-0.15, -0.1) is 0 Å². The molecule has 0 aliphatic heterocycles. The lowest BCUT2D eigenvalue weighted by atomic mass is 9.88. The predicted molar refractivity (Wildman–Crippen MR) is 206 cm³/mol. The molecule has 0 aliphatic rings. The first-order valence-electron chi connectivity index (χ1n) is 17.2. The molecule has 0 amide bonds. The van der Waals surface area contributed by atoms with E-state index in [2.05, 4.69) is 154 Å². The fourth-order valence-corrected chi connectivity index (χ4v) is 7.16. The molecule has 0 saturated heterocycles. The predicted octanol–water partition coefficient (Wildman–Crippen LogP) is 11.7. The SMILES string of the molecule is Cc1nn(-c2cccc(Oc3ccc4c5cc(-c6ccccc6)ccc5n(-c5cc(CC(C)(C)C)ccn5)c4c3)c2)c(C)c1-c1ccccc1. The molecule has 3 aromatic heterocycles. The van der Waals surface area contributed by atoms with E-state index in [9.17, 15) is 0 Å². The van der Waals surface area contributed by atoms with Crippen LogP contribution >= 0.6 is 0 Å². The van der Waals surface area contributed by atoms with Crippen LogP contribution in [0, 0.1) is 19.3 Å². The fraction of sp³-hybridized carbons (Fsp3) is 0.156. The van der Waals surface area contributed by atoms with Gasteiger partial charge in [-0.05, 0) is 96.5 Å². The molecule has 0 aliphatic carbocycles. The average Bonchev–Trinajstić information content (AvgIpc) is 3.60. The summed E-state index contributed by atoms with van der Waals surface area (Å²) in [5, 5.41) is 7.25. The zero-order valence-corrected chi connectivity index (χ0v) is 29.2. The lowest BCUT2D eigenvalue weighted by Crippen LogP contribution is -2.10. The third-order valence-corrected chi connectivity index (χ3v) is 9.27. The van der Waals surface area contributed by atoms with Gasteiger partial charge in [0.25, 0.3) is 0 Å². The van der Waals surface area contributed by atoms with Crippen molar-refractivity contribution in [1.82, 2.24) is 19.3 Å². The summed E-state index contributed by atoms with van der Waals surface area (Å²) < 4.78 is 10.9. The second-order valence-corrected chi connectivity index (χ2v) is 14.3. The highest BCUT2D eigenvalue weighted by molar-refractivity contribution is 6.10. The summed E-state index contributed by atoms with van der Waals surface area (Å²) >= 11 is 0. The molecule has 0 radical (unpaired) electrons. The van der Waals surface area contributed by atoms with Crippen molar-refractivity contribution in [2.75, 3.05) is 0 Å². The van der Waals surface area contributed by atoms with Crippen molar-refractivity contribution in [3.05, 3.63) is 157 Å². The van der Waals surface area contributed by atoms with Gasteiger partial charge in [0.15, 0.2) is 0 Å². The summed E-state index contributed by atoms with van der Waals surface area (Å²) in [6.45, 7) is 11.0. The largest absolute Gasteiger partial charge is 0.457 e. The molecule has 0 unspecified atom stereocenters. The lowest BCUT2D eigenvalue weighted by molar-refractivity contribution is 0.411. The van der Waals surface area contributed by atoms with Crippen LogP contribution in [0.2, 0.25) is 0 Å². The maximum absolute atomic E-state index is 6.60. The van der Waals surface area contributed by atoms with E-state index >= 15 is 0 Å². The average molecular weight is 653 g/mol. The number of fused-ring (bicyclic) bond motifs is 3. The molecular formula is C45H40N4O. The monoisotopic (exact) mass is 652 g/mol. The first-order valence-corrected chi connectivity index (χ1v) is 17.2. The summed E-state index contributed by atoms with van der Waals surface area (Å²) in [6.07, 6.45) is 2.89. The highest BCUT2D eigenvalue weighted by Gasteiger charge is 2.18. The quantitative estimate of drug-likeness (QED) is 0.172. The Morgan fingerprint density at radius 1 is 0.620 bits per heavy atom. The Balaban J connectivity index is 1.22. The van der Waals surface area contributed by atoms with Gasteiger partial charge in [0.05, 0.1) is 22.4 Å². The van der Waals surface area contributed by atoms with E-state index in [0.717, 1.165) is 62.8 Å². The van der Waals surface area contributed by atoms with E-state index in [1.165, 1.54) is 27.6 Å². The molecular weight excluding hydrogens is 613 g/mol. The third kappa shape index (κ3) is 5.96. The molecule has 246 valence electrons. The molecule has 0 spiro atoms. The van der Waals surface area contributed by atoms with Crippen LogP contribution in [-0.4, -0.2) is 19.3 Å². The van der Waals surface area contributed by atoms with Crippen LogP contribution in [0.1, 0.15) is 37.7 Å². The van der Waals surface area contributed by atoms with Crippen molar-refractivity contribution in [2.24, 2.45) is 5.41 Å². The summed E-state index contributed by atoms with van der Waals surface area (Å²) in [7, 11) is 0. The van der Waals surface area contributed by atoms with Gasteiger partial charge in [-0.3, -0.25) is 4.57 Å². The van der Waals surface area contributed by atoms with Crippen LogP contribution < -0.4 is 4.74 Å². The van der Waals surface area contributed by atoms with Crippen LogP contribution in [0.5, 0.6) is 11.5 Å². The van der Waals surface area contributed by atoms with Gasteiger partial charge in [0.1, 0.15) is 17.3 Å². The van der Waals surface area contributed by atoms with Gasteiger partial charge in [-0.1, -0.05) is 93.6 Å². The van der Waals surface area contributed by atoms with Crippen molar-refractivity contribution in [2.45, 2.75) is 41.0 Å². The summed E-state index contributed by atoms with van der Waals surface area (Å²) in [5.74, 6) is 2.40. The molecule has 5 aromatic carbocycles. The molecule has 0 atom stereocenters. The highest BCUT2D eigenvalue weighted by Crippen LogP contribution is 2.38. The van der Waals surface area contributed by atoms with E-state index in [0.29, 0.717) is 0 Å². The van der Waals surface area contributed by atoms with Crippen LogP contribution in [0.25, 0.3) is 55.6 Å². The molecule has 8 aromatic rings. The van der Waals surface area contributed by atoms with Gasteiger partial charge in [-0.2, -0.15) is 5.10 Å². The Morgan fingerprint density at radius 2 is 1.36 bits per heavy atom. The van der Waals surface area contributed by atoms with Crippen molar-refractivity contribution < 1.29 is 4.74 Å². The van der Waals surface area contributed by atoms with E-state index in [4.69, 9.17) is 14.8 Å². The lowest BCUT2D eigenvalue weighted by Gasteiger charge is -2.18. The Bertz CT molecular complexity index is 2480. The van der Waals surface area contributed by atoms with Gasteiger partial charge in [-0.25, -0.2) is 9.67 Å². The van der Waals surface area contributed by atoms with E-state index in [1.807, 2.05) is 29.1 Å². The molecule has 0 bridgehead atoms. The van der Waals surface area contributed by atoms with Crippen molar-refractivity contribution in [3.8, 4) is 45.3 Å². The minimum absolute atomic E-state index is 0.163. The van der Waals surface area contributed by atoms with Gasteiger partial charge < -0.3 is 4.74 Å². The Hall–Kier alpha value is -5.94. The van der Waals surface area contributed by atoms with Crippen molar-refractivity contribution in [3.63, 3.8) is 0 Å². The molecule has 8 rings (SSSR count). The van der Waals surface area contributed by atoms with Crippen LogP contribution in [-0.2, 0) is 6.42 Å². The number of rotatable bonds is 7. The number of pyridine rings is 1. The molecule has 0 saturated carbocycles. The van der Waals surface area contributed by atoms with Crippen LogP contribution in [0.15, 0.2) is 140 Å². The minimum atomic E-state index is 0.163. The number of aromatic nitrogens is 4. The first-order chi connectivity index (χ1) is 24.2. The summed E-state index contributed by atoms with van der Waals surface area (Å²) in [5.41, 5.74) is 11.3. The zero-order valence-electron chi connectivity index (χ0n) is 29.2. The number of benzene rings is 5. The zero-order chi connectivity index (χ0) is 34.4. The maximum atomic E-state index is 6.60. The highest BCUT2D eigenvalue weighted by atomic mass is 16.5. The minimum Gasteiger partial charge on any atom is -0.457 e.